The van der Waals surface area contributed by atoms with Crippen molar-refractivity contribution in [3.8, 4) is 0 Å². The predicted octanol–water partition coefficient (Wildman–Crippen LogP) is 8.93. The number of halogens is 1. The molecule has 0 saturated heterocycles. The van der Waals surface area contributed by atoms with Crippen LogP contribution in [0.2, 0.25) is 36.3 Å². The molecule has 0 unspecified atom stereocenters. The molecule has 31 heavy (non-hydrogen) atoms. The maximum atomic E-state index is 11.5. The number of hydrogen-bond donors (Lipinski definition) is 0. The van der Waals surface area contributed by atoms with Gasteiger partial charge in [-0.3, -0.25) is 0 Å². The Labute approximate surface area is 212 Å². The summed E-state index contributed by atoms with van der Waals surface area (Å²) < 4.78 is 34.3. The summed E-state index contributed by atoms with van der Waals surface area (Å²) in [6, 6.07) is 0. The van der Waals surface area contributed by atoms with Crippen LogP contribution in [0.15, 0.2) is 0 Å². The van der Waals surface area contributed by atoms with E-state index in [1.165, 1.54) is 10.8 Å². The highest BCUT2D eigenvalue weighted by Crippen LogP contribution is 2.39. The summed E-state index contributed by atoms with van der Waals surface area (Å²) in [4.78, 5) is 0. The molecule has 0 saturated carbocycles. The summed E-state index contributed by atoms with van der Waals surface area (Å²) in [6.45, 7) is 31.4. The maximum absolute atomic E-state index is 11.5. The lowest BCUT2D eigenvalue weighted by molar-refractivity contribution is 0.288. The first-order chi connectivity index (χ1) is 13.5. The van der Waals surface area contributed by atoms with Gasteiger partial charge in [0.15, 0.2) is 16.6 Å². The van der Waals surface area contributed by atoms with Gasteiger partial charge in [0.2, 0.25) is 0 Å². The molecular formula is C22H54IO4P2Si2+. The van der Waals surface area contributed by atoms with E-state index in [0.29, 0.717) is 5.04 Å². The van der Waals surface area contributed by atoms with Crippen molar-refractivity contribution in [2.45, 2.75) is 90.6 Å². The second-order valence-electron chi connectivity index (χ2n) is 11.7. The predicted molar refractivity (Wildman–Crippen MR) is 158 cm³/mol. The summed E-state index contributed by atoms with van der Waals surface area (Å²) in [5.41, 5.74) is 0. The third kappa shape index (κ3) is 22.9. The van der Waals surface area contributed by atoms with Crippen molar-refractivity contribution < 1.29 is 18.0 Å². The first kappa shape index (κ1) is 37.0. The van der Waals surface area contributed by atoms with Crippen LogP contribution in [0.3, 0.4) is 0 Å². The van der Waals surface area contributed by atoms with Crippen molar-refractivity contribution in [1.29, 1.82) is 0 Å². The molecule has 0 aliphatic heterocycles. The molecule has 0 aliphatic rings. The van der Waals surface area contributed by atoms with Gasteiger partial charge in [-0.15, -0.1) is 0 Å². The van der Waals surface area contributed by atoms with Gasteiger partial charge < -0.3 is 13.4 Å². The monoisotopic (exact) mass is 627 g/mol. The van der Waals surface area contributed by atoms with Crippen molar-refractivity contribution in [1.82, 2.24) is 0 Å². The molecular weight excluding hydrogens is 573 g/mol. The zero-order valence-electron chi connectivity index (χ0n) is 23.1. The van der Waals surface area contributed by atoms with Gasteiger partial charge >= 0.3 is 7.80 Å². The molecule has 4 nitrogen and oxygen atoms in total. The quantitative estimate of drug-likeness (QED) is 0.0842. The molecule has 0 radical (unpaired) electrons. The van der Waals surface area contributed by atoms with E-state index in [-0.39, 0.29) is 5.04 Å². The molecule has 0 amide bonds. The molecule has 0 bridgehead atoms. The fourth-order valence-electron chi connectivity index (χ4n) is 1.59. The van der Waals surface area contributed by atoms with Crippen LogP contribution < -0.4 is 0 Å². The van der Waals surface area contributed by atoms with Gasteiger partial charge in [0, 0.05) is 23.8 Å². The SMILES string of the molecule is CC(C)(C)[Si](C)(C)OCCCI.CC(C)(C)[Si](C)(C)OCCCP(C)(C)=O.C[P+](C)=O. The van der Waals surface area contributed by atoms with E-state index < -0.39 is 31.6 Å². The highest BCUT2D eigenvalue weighted by atomic mass is 127. The number of alkyl halides is 1. The molecule has 0 aromatic carbocycles. The van der Waals surface area contributed by atoms with E-state index in [9.17, 15) is 9.13 Å². The molecule has 0 aromatic rings. The lowest BCUT2D eigenvalue weighted by Gasteiger charge is -2.36. The normalized spacial score (nSPS) is 13.0. The average molecular weight is 628 g/mol. The molecule has 0 atom stereocenters. The molecule has 0 rings (SSSR count). The van der Waals surface area contributed by atoms with Crippen LogP contribution in [0.25, 0.3) is 0 Å². The zero-order chi connectivity index (χ0) is 25.7. The molecule has 0 aliphatic carbocycles. The van der Waals surface area contributed by atoms with E-state index in [2.05, 4.69) is 90.3 Å². The Kier molecular flexibility index (Phi) is 19.3. The van der Waals surface area contributed by atoms with E-state index in [1.807, 2.05) is 13.3 Å². The first-order valence-corrected chi connectivity index (χ1v) is 23.5. The third-order valence-electron chi connectivity index (χ3n) is 5.66. The number of rotatable bonds is 9. The van der Waals surface area contributed by atoms with Crippen LogP contribution in [0.4, 0.5) is 0 Å². The van der Waals surface area contributed by atoms with Gasteiger partial charge in [0.25, 0.3) is 0 Å². The van der Waals surface area contributed by atoms with Gasteiger partial charge in [-0.05, 0) is 62.4 Å². The second kappa shape index (κ2) is 16.2. The smallest absolute Gasteiger partial charge is 0.332 e. The van der Waals surface area contributed by atoms with Crippen molar-refractivity contribution in [2.75, 3.05) is 50.5 Å². The molecule has 0 aromatic heterocycles. The van der Waals surface area contributed by atoms with E-state index in [0.717, 1.165) is 25.8 Å². The van der Waals surface area contributed by atoms with Crippen LogP contribution in [0, 0.1) is 0 Å². The van der Waals surface area contributed by atoms with Gasteiger partial charge in [0.1, 0.15) is 13.3 Å². The Morgan fingerprint density at radius 2 is 1.10 bits per heavy atom. The number of hydrogen-bond acceptors (Lipinski definition) is 4. The average Bonchev–Trinajstić information content (AvgIpc) is 2.49. The minimum Gasteiger partial charge on any atom is -0.417 e. The second-order valence-corrected chi connectivity index (χ2v) is 27.6. The van der Waals surface area contributed by atoms with Gasteiger partial charge in [-0.1, -0.05) is 68.7 Å². The molecule has 0 N–H and O–H groups in total. The van der Waals surface area contributed by atoms with Crippen LogP contribution in [-0.2, 0) is 18.0 Å². The Morgan fingerprint density at radius 3 is 1.32 bits per heavy atom. The Balaban J connectivity index is -0.000000438. The van der Waals surface area contributed by atoms with Gasteiger partial charge in [0.05, 0.1) is 7.14 Å². The van der Waals surface area contributed by atoms with Crippen LogP contribution in [0.1, 0.15) is 54.4 Å². The standard InChI is InChI=1S/C11H27O2PSi.C9H21IOSi.C2H6OP/c1-11(2,3)15(6,7)13-9-8-10-14(4,5)12;1-9(2,3)12(4,5)11-8-6-7-10;1-4(2)3/h8-10H2,1-7H3;6-8H2,1-5H3;1-2H3/q;;+1. The van der Waals surface area contributed by atoms with Gasteiger partial charge in [-0.25, -0.2) is 0 Å². The van der Waals surface area contributed by atoms with E-state index >= 15 is 0 Å². The first-order valence-electron chi connectivity index (χ1n) is 11.2. The summed E-state index contributed by atoms with van der Waals surface area (Å²) in [6.07, 6.45) is 2.92. The Morgan fingerprint density at radius 1 is 0.806 bits per heavy atom. The Bertz CT molecular complexity index is 533. The van der Waals surface area contributed by atoms with Crippen molar-refractivity contribution in [3.05, 3.63) is 0 Å². The topological polar surface area (TPSA) is 52.6 Å². The molecule has 0 spiro atoms. The van der Waals surface area contributed by atoms with Gasteiger partial charge in [-0.2, -0.15) is 0 Å². The minimum absolute atomic E-state index is 0.273. The maximum Gasteiger partial charge on any atom is 0.332 e. The molecule has 0 heterocycles. The summed E-state index contributed by atoms with van der Waals surface area (Å²) >= 11 is 2.40. The lowest BCUT2D eigenvalue weighted by atomic mass is 10.2. The lowest BCUT2D eigenvalue weighted by Crippen LogP contribution is -2.41. The largest absolute Gasteiger partial charge is 0.417 e. The fourth-order valence-corrected chi connectivity index (χ4v) is 4.96. The minimum atomic E-state index is -1.85. The fraction of sp³-hybridized carbons (Fsp3) is 1.00. The van der Waals surface area contributed by atoms with Crippen LogP contribution in [-0.4, -0.2) is 67.1 Å². The highest BCUT2D eigenvalue weighted by Gasteiger charge is 2.37. The summed E-state index contributed by atoms with van der Waals surface area (Å²) in [7, 11) is -5.76. The zero-order valence-corrected chi connectivity index (χ0v) is 29.1. The Hall–Kier alpha value is 1.41. The van der Waals surface area contributed by atoms with Crippen LogP contribution in [0.5, 0.6) is 0 Å². The molecule has 9 heteroatoms. The third-order valence-corrected chi connectivity index (χ3v) is 16.9. The van der Waals surface area contributed by atoms with Crippen LogP contribution >= 0.6 is 37.5 Å². The summed E-state index contributed by atoms with van der Waals surface area (Å²) in [5, 5.41) is 0.632. The van der Waals surface area contributed by atoms with E-state index in [4.69, 9.17) is 8.85 Å². The van der Waals surface area contributed by atoms with E-state index in [1.54, 1.807) is 13.3 Å². The molecule has 190 valence electrons. The molecule has 0 fully saturated rings. The van der Waals surface area contributed by atoms with Crippen molar-refractivity contribution in [2.24, 2.45) is 0 Å². The summed E-state index contributed by atoms with van der Waals surface area (Å²) in [5.74, 6) is 0. The van der Waals surface area contributed by atoms with Crippen molar-refractivity contribution in [3.63, 3.8) is 0 Å². The highest BCUT2D eigenvalue weighted by molar-refractivity contribution is 14.1. The van der Waals surface area contributed by atoms with Crippen molar-refractivity contribution >= 4 is 54.2 Å².